The van der Waals surface area contributed by atoms with E-state index < -0.39 is 0 Å². The lowest BCUT2D eigenvalue weighted by molar-refractivity contribution is 0.706. The smallest absolute Gasteiger partial charge is 0.0666 e. The van der Waals surface area contributed by atoms with Crippen LogP contribution in [0.25, 0.3) is 0 Å². The van der Waals surface area contributed by atoms with Crippen molar-refractivity contribution in [2.75, 3.05) is 0 Å². The van der Waals surface area contributed by atoms with Gasteiger partial charge < -0.3 is 0 Å². The van der Waals surface area contributed by atoms with E-state index in [0.29, 0.717) is 0 Å². The predicted molar refractivity (Wildman–Crippen MR) is 80.4 cm³/mol. The summed E-state index contributed by atoms with van der Waals surface area (Å²) in [7, 11) is 0. The van der Waals surface area contributed by atoms with Crippen LogP contribution < -0.4 is 0 Å². The van der Waals surface area contributed by atoms with Gasteiger partial charge in [0, 0.05) is 21.4 Å². The number of benzene rings is 1. The average Bonchev–Trinajstić information content (AvgIpc) is 2.38. The summed E-state index contributed by atoms with van der Waals surface area (Å²) in [5.41, 5.74) is 2.18. The molecule has 17 heavy (non-hydrogen) atoms. The lowest BCUT2D eigenvalue weighted by Gasteiger charge is -2.18. The van der Waals surface area contributed by atoms with E-state index in [-0.39, 0.29) is 11.3 Å². The third-order valence-corrected chi connectivity index (χ3v) is 4.06. The van der Waals surface area contributed by atoms with Crippen molar-refractivity contribution >= 4 is 34.2 Å². The molecule has 1 aromatic heterocycles. The number of hydrogen-bond acceptors (Lipinski definition) is 1. The second-order valence-electron chi connectivity index (χ2n) is 4.00. The summed E-state index contributed by atoms with van der Waals surface area (Å²) >= 11 is 8.82. The van der Waals surface area contributed by atoms with Crippen LogP contribution in [0.2, 0.25) is 0 Å². The van der Waals surface area contributed by atoms with E-state index in [9.17, 15) is 0 Å². The minimum Gasteiger partial charge on any atom is -0.261 e. The van der Waals surface area contributed by atoms with Crippen LogP contribution in [0.4, 0.5) is 0 Å². The van der Waals surface area contributed by atoms with Gasteiger partial charge in [-0.15, -0.1) is 11.6 Å². The highest BCUT2D eigenvalue weighted by Gasteiger charge is 2.19. The van der Waals surface area contributed by atoms with E-state index in [1.54, 1.807) is 0 Å². The van der Waals surface area contributed by atoms with Gasteiger partial charge in [0.15, 0.2) is 0 Å². The summed E-state index contributed by atoms with van der Waals surface area (Å²) in [5, 5.41) is -0.0420. The molecule has 2 rings (SSSR count). The minimum absolute atomic E-state index is 0.0420. The third-order valence-electron chi connectivity index (χ3n) is 2.76. The van der Waals surface area contributed by atoms with Crippen molar-refractivity contribution in [2.24, 2.45) is 0 Å². The molecule has 2 unspecified atom stereocenters. The highest BCUT2D eigenvalue weighted by atomic mass is 127. The number of pyridine rings is 1. The molecule has 0 aliphatic rings. The highest BCUT2D eigenvalue weighted by molar-refractivity contribution is 14.1. The molecule has 0 radical (unpaired) electrons. The first-order chi connectivity index (χ1) is 8.18. The third kappa shape index (κ3) is 3.19. The monoisotopic (exact) mass is 357 g/mol. The van der Waals surface area contributed by atoms with E-state index in [0.717, 1.165) is 11.3 Å². The Morgan fingerprint density at radius 3 is 2.65 bits per heavy atom. The molecule has 0 aliphatic carbocycles. The van der Waals surface area contributed by atoms with E-state index in [2.05, 4.69) is 52.7 Å². The van der Waals surface area contributed by atoms with Crippen LogP contribution in [0.1, 0.15) is 29.5 Å². The van der Waals surface area contributed by atoms with Gasteiger partial charge in [0.2, 0.25) is 0 Å². The standard InChI is InChI=1S/C14H13ClIN/c1-10(13-7-2-3-8-17-13)14(15)11-5-4-6-12(16)9-11/h2-10,14H,1H3. The van der Waals surface area contributed by atoms with Gasteiger partial charge in [-0.25, -0.2) is 0 Å². The Bertz CT molecular complexity index is 487. The Kier molecular flexibility index (Phi) is 4.40. The van der Waals surface area contributed by atoms with Gasteiger partial charge in [-0.1, -0.05) is 25.1 Å². The Morgan fingerprint density at radius 2 is 2.00 bits per heavy atom. The molecule has 2 atom stereocenters. The van der Waals surface area contributed by atoms with Gasteiger partial charge in [-0.2, -0.15) is 0 Å². The van der Waals surface area contributed by atoms with Crippen LogP contribution in [0.3, 0.4) is 0 Å². The van der Waals surface area contributed by atoms with E-state index >= 15 is 0 Å². The van der Waals surface area contributed by atoms with Gasteiger partial charge in [-0.05, 0) is 52.4 Å². The predicted octanol–water partition coefficient (Wildman–Crippen LogP) is 4.77. The van der Waals surface area contributed by atoms with Gasteiger partial charge in [-0.3, -0.25) is 4.98 Å². The maximum absolute atomic E-state index is 6.52. The van der Waals surface area contributed by atoms with E-state index in [1.165, 1.54) is 3.57 Å². The summed E-state index contributed by atoms with van der Waals surface area (Å²) in [6.45, 7) is 2.11. The molecular weight excluding hydrogens is 345 g/mol. The highest BCUT2D eigenvalue weighted by Crippen LogP contribution is 2.35. The number of alkyl halides is 1. The zero-order chi connectivity index (χ0) is 12.3. The molecule has 3 heteroatoms. The fourth-order valence-corrected chi connectivity index (χ4v) is 2.59. The first-order valence-electron chi connectivity index (χ1n) is 5.49. The average molecular weight is 358 g/mol. The van der Waals surface area contributed by atoms with Crippen molar-refractivity contribution in [3.63, 3.8) is 0 Å². The first-order valence-corrected chi connectivity index (χ1v) is 7.00. The van der Waals surface area contributed by atoms with Gasteiger partial charge in [0.05, 0.1) is 5.38 Å². The van der Waals surface area contributed by atoms with Crippen LogP contribution >= 0.6 is 34.2 Å². The number of hydrogen-bond donors (Lipinski definition) is 0. The molecule has 0 amide bonds. The lowest BCUT2D eigenvalue weighted by atomic mass is 9.97. The normalized spacial score (nSPS) is 14.3. The molecule has 0 bridgehead atoms. The summed E-state index contributed by atoms with van der Waals surface area (Å²) in [4.78, 5) is 4.36. The fraction of sp³-hybridized carbons (Fsp3) is 0.214. The zero-order valence-electron chi connectivity index (χ0n) is 9.48. The summed E-state index contributed by atoms with van der Waals surface area (Å²) < 4.78 is 1.21. The van der Waals surface area contributed by atoms with Crippen LogP contribution in [0, 0.1) is 3.57 Å². The number of halogens is 2. The quantitative estimate of drug-likeness (QED) is 0.569. The summed E-state index contributed by atoms with van der Waals surface area (Å²) in [5.74, 6) is 0.205. The maximum atomic E-state index is 6.52. The fourth-order valence-electron chi connectivity index (χ4n) is 1.76. The van der Waals surface area contributed by atoms with Crippen LogP contribution in [-0.2, 0) is 0 Å². The van der Waals surface area contributed by atoms with Crippen LogP contribution in [0.5, 0.6) is 0 Å². The van der Waals surface area contributed by atoms with Gasteiger partial charge in [0.25, 0.3) is 0 Å². The summed E-state index contributed by atoms with van der Waals surface area (Å²) in [6, 6.07) is 14.2. The Hall–Kier alpha value is -0.610. The molecule has 0 spiro atoms. The minimum atomic E-state index is -0.0420. The topological polar surface area (TPSA) is 12.9 Å². The Balaban J connectivity index is 2.23. The van der Waals surface area contributed by atoms with E-state index in [1.807, 2.05) is 30.5 Å². The SMILES string of the molecule is CC(c1ccccn1)C(Cl)c1cccc(I)c1. The number of aromatic nitrogens is 1. The van der Waals surface area contributed by atoms with Crippen LogP contribution in [0.15, 0.2) is 48.7 Å². The number of nitrogens with zero attached hydrogens (tertiary/aromatic N) is 1. The second-order valence-corrected chi connectivity index (χ2v) is 5.72. The zero-order valence-corrected chi connectivity index (χ0v) is 12.4. The molecule has 0 saturated heterocycles. The number of rotatable bonds is 3. The van der Waals surface area contributed by atoms with Crippen molar-refractivity contribution in [3.8, 4) is 0 Å². The molecule has 0 fully saturated rings. The molecular formula is C14H13ClIN. The summed E-state index contributed by atoms with van der Waals surface area (Å²) in [6.07, 6.45) is 1.81. The largest absolute Gasteiger partial charge is 0.261 e. The molecule has 0 aliphatic heterocycles. The second kappa shape index (κ2) is 5.83. The Labute approximate surface area is 120 Å². The molecule has 0 N–H and O–H groups in total. The first kappa shape index (κ1) is 12.8. The molecule has 0 saturated carbocycles. The molecule has 1 heterocycles. The van der Waals surface area contributed by atoms with Crippen LogP contribution in [-0.4, -0.2) is 4.98 Å². The maximum Gasteiger partial charge on any atom is 0.0666 e. The molecule has 1 nitrogen and oxygen atoms in total. The molecule has 1 aromatic carbocycles. The van der Waals surface area contributed by atoms with Crippen molar-refractivity contribution in [1.29, 1.82) is 0 Å². The molecule has 2 aromatic rings. The van der Waals surface area contributed by atoms with E-state index in [4.69, 9.17) is 11.6 Å². The van der Waals surface area contributed by atoms with Gasteiger partial charge in [0.1, 0.15) is 0 Å². The van der Waals surface area contributed by atoms with Crippen molar-refractivity contribution in [3.05, 3.63) is 63.5 Å². The Morgan fingerprint density at radius 1 is 1.18 bits per heavy atom. The van der Waals surface area contributed by atoms with Crippen molar-refractivity contribution in [2.45, 2.75) is 18.2 Å². The molecule has 88 valence electrons. The van der Waals surface area contributed by atoms with Crippen molar-refractivity contribution in [1.82, 2.24) is 4.98 Å². The van der Waals surface area contributed by atoms with Gasteiger partial charge >= 0.3 is 0 Å². The van der Waals surface area contributed by atoms with Crippen molar-refractivity contribution < 1.29 is 0 Å². The lowest BCUT2D eigenvalue weighted by Crippen LogP contribution is -2.04.